The summed E-state index contributed by atoms with van der Waals surface area (Å²) in [7, 11) is 0. The topological polar surface area (TPSA) is 64.2 Å². The summed E-state index contributed by atoms with van der Waals surface area (Å²) in [5.41, 5.74) is 5.57. The van der Waals surface area contributed by atoms with Crippen molar-refractivity contribution in [2.45, 2.75) is 32.2 Å². The fourth-order valence-corrected chi connectivity index (χ4v) is 2.51. The molecule has 1 aliphatic heterocycles. The smallest absolute Gasteiger partial charge is 0.224 e. The van der Waals surface area contributed by atoms with Crippen LogP contribution in [0, 0.1) is 5.92 Å². The van der Waals surface area contributed by atoms with Gasteiger partial charge in [-0.2, -0.15) is 5.10 Å². The molecule has 100 valence electrons. The van der Waals surface area contributed by atoms with Gasteiger partial charge in [0.25, 0.3) is 0 Å². The number of carbonyl (C=O) groups is 1. The second-order valence-corrected chi connectivity index (χ2v) is 4.92. The van der Waals surface area contributed by atoms with Crippen LogP contribution in [0.5, 0.6) is 0 Å². The number of amides is 1. The SMILES string of the molecule is NCCC1CCN(C(=O)CCn2cccn2)CC1. The van der Waals surface area contributed by atoms with Crippen LogP contribution in [0.2, 0.25) is 0 Å². The van der Waals surface area contributed by atoms with Gasteiger partial charge >= 0.3 is 0 Å². The Bertz CT molecular complexity index is 355. The Morgan fingerprint density at radius 2 is 2.17 bits per heavy atom. The molecule has 0 unspecified atom stereocenters. The predicted molar refractivity (Wildman–Crippen MR) is 69.8 cm³/mol. The van der Waals surface area contributed by atoms with Crippen molar-refractivity contribution in [3.63, 3.8) is 0 Å². The monoisotopic (exact) mass is 250 g/mol. The maximum Gasteiger partial charge on any atom is 0.224 e. The number of hydrogen-bond acceptors (Lipinski definition) is 3. The molecule has 1 aromatic heterocycles. The molecule has 0 saturated carbocycles. The summed E-state index contributed by atoms with van der Waals surface area (Å²) in [5, 5.41) is 4.10. The molecule has 2 rings (SSSR count). The molecule has 5 nitrogen and oxygen atoms in total. The number of aryl methyl sites for hydroxylation is 1. The zero-order chi connectivity index (χ0) is 12.8. The van der Waals surface area contributed by atoms with Crippen LogP contribution in [-0.4, -0.2) is 40.2 Å². The number of aromatic nitrogens is 2. The first-order valence-corrected chi connectivity index (χ1v) is 6.75. The molecule has 1 fully saturated rings. The van der Waals surface area contributed by atoms with Gasteiger partial charge < -0.3 is 10.6 Å². The van der Waals surface area contributed by atoms with Crippen LogP contribution in [0.1, 0.15) is 25.7 Å². The minimum atomic E-state index is 0.247. The van der Waals surface area contributed by atoms with E-state index in [0.717, 1.165) is 38.9 Å². The van der Waals surface area contributed by atoms with E-state index in [9.17, 15) is 4.79 Å². The quantitative estimate of drug-likeness (QED) is 0.843. The fourth-order valence-electron chi connectivity index (χ4n) is 2.51. The van der Waals surface area contributed by atoms with Crippen LogP contribution >= 0.6 is 0 Å². The Hall–Kier alpha value is -1.36. The Balaban J connectivity index is 1.70. The average Bonchev–Trinajstić information content (AvgIpc) is 2.90. The van der Waals surface area contributed by atoms with E-state index in [0.29, 0.717) is 18.9 Å². The van der Waals surface area contributed by atoms with E-state index in [1.54, 1.807) is 10.9 Å². The van der Waals surface area contributed by atoms with Gasteiger partial charge in [-0.05, 0) is 37.8 Å². The molecule has 0 aliphatic carbocycles. The lowest BCUT2D eigenvalue weighted by Gasteiger charge is -2.32. The van der Waals surface area contributed by atoms with Crippen molar-refractivity contribution in [1.29, 1.82) is 0 Å². The first kappa shape index (κ1) is 13.1. The van der Waals surface area contributed by atoms with Gasteiger partial charge in [-0.1, -0.05) is 0 Å². The molecule has 0 aromatic carbocycles. The Morgan fingerprint density at radius 3 is 2.78 bits per heavy atom. The summed E-state index contributed by atoms with van der Waals surface area (Å²) in [6, 6.07) is 1.88. The van der Waals surface area contributed by atoms with Crippen molar-refractivity contribution in [1.82, 2.24) is 14.7 Å². The van der Waals surface area contributed by atoms with Crippen LogP contribution in [0.3, 0.4) is 0 Å². The van der Waals surface area contributed by atoms with Crippen molar-refractivity contribution in [3.8, 4) is 0 Å². The van der Waals surface area contributed by atoms with Crippen LogP contribution < -0.4 is 5.73 Å². The van der Waals surface area contributed by atoms with E-state index in [2.05, 4.69) is 5.10 Å². The van der Waals surface area contributed by atoms with E-state index < -0.39 is 0 Å². The summed E-state index contributed by atoms with van der Waals surface area (Å²) >= 11 is 0. The van der Waals surface area contributed by atoms with E-state index in [4.69, 9.17) is 5.73 Å². The number of nitrogens with zero attached hydrogens (tertiary/aromatic N) is 3. The third-order valence-electron chi connectivity index (χ3n) is 3.66. The highest BCUT2D eigenvalue weighted by Gasteiger charge is 2.21. The number of nitrogens with two attached hydrogens (primary N) is 1. The maximum absolute atomic E-state index is 12.0. The third kappa shape index (κ3) is 3.57. The second-order valence-electron chi connectivity index (χ2n) is 4.92. The molecular formula is C13H22N4O. The zero-order valence-electron chi connectivity index (χ0n) is 10.8. The Kier molecular flexibility index (Phi) is 4.75. The standard InChI is InChI=1S/C13H22N4O/c14-6-2-12-3-9-16(10-4-12)13(18)5-11-17-8-1-7-15-17/h1,7-8,12H,2-6,9-11,14H2. The molecule has 0 spiro atoms. The molecule has 5 heteroatoms. The van der Waals surface area contributed by atoms with E-state index in [-0.39, 0.29) is 5.91 Å². The van der Waals surface area contributed by atoms with Crippen LogP contribution in [0.15, 0.2) is 18.5 Å². The average molecular weight is 250 g/mol. The van der Waals surface area contributed by atoms with Crippen molar-refractivity contribution in [2.75, 3.05) is 19.6 Å². The van der Waals surface area contributed by atoms with Crippen molar-refractivity contribution < 1.29 is 4.79 Å². The highest BCUT2D eigenvalue weighted by atomic mass is 16.2. The zero-order valence-corrected chi connectivity index (χ0v) is 10.8. The van der Waals surface area contributed by atoms with E-state index in [1.165, 1.54) is 0 Å². The van der Waals surface area contributed by atoms with Crippen molar-refractivity contribution in [2.24, 2.45) is 11.7 Å². The van der Waals surface area contributed by atoms with Gasteiger partial charge in [0.15, 0.2) is 0 Å². The normalized spacial score (nSPS) is 17.1. The highest BCUT2D eigenvalue weighted by Crippen LogP contribution is 2.20. The Labute approximate surface area is 108 Å². The molecule has 2 heterocycles. The number of piperidine rings is 1. The van der Waals surface area contributed by atoms with Gasteiger partial charge in [0.2, 0.25) is 5.91 Å². The molecule has 0 radical (unpaired) electrons. The van der Waals surface area contributed by atoms with Gasteiger partial charge in [0.05, 0.1) is 0 Å². The number of likely N-dealkylation sites (tertiary alicyclic amines) is 1. The van der Waals surface area contributed by atoms with Gasteiger partial charge in [-0.25, -0.2) is 0 Å². The third-order valence-corrected chi connectivity index (χ3v) is 3.66. The lowest BCUT2D eigenvalue weighted by atomic mass is 9.93. The van der Waals surface area contributed by atoms with Gasteiger partial charge in [0, 0.05) is 38.4 Å². The minimum absolute atomic E-state index is 0.247. The summed E-state index contributed by atoms with van der Waals surface area (Å²) in [4.78, 5) is 14.0. The molecule has 1 saturated heterocycles. The minimum Gasteiger partial charge on any atom is -0.343 e. The van der Waals surface area contributed by atoms with Gasteiger partial charge in [0.1, 0.15) is 0 Å². The second kappa shape index (κ2) is 6.54. The van der Waals surface area contributed by atoms with E-state index in [1.807, 2.05) is 17.2 Å². The summed E-state index contributed by atoms with van der Waals surface area (Å²) < 4.78 is 1.80. The molecule has 1 aliphatic rings. The molecule has 0 bridgehead atoms. The van der Waals surface area contributed by atoms with Crippen LogP contribution in [0.4, 0.5) is 0 Å². The largest absolute Gasteiger partial charge is 0.343 e. The Morgan fingerprint density at radius 1 is 1.39 bits per heavy atom. The predicted octanol–water partition coefficient (Wildman–Crippen LogP) is 0.861. The summed E-state index contributed by atoms with van der Waals surface area (Å²) in [5.74, 6) is 0.960. The molecule has 2 N–H and O–H groups in total. The summed E-state index contributed by atoms with van der Waals surface area (Å²) in [6.45, 7) is 3.22. The molecule has 0 atom stereocenters. The maximum atomic E-state index is 12.0. The molecule has 18 heavy (non-hydrogen) atoms. The molecule has 1 amide bonds. The van der Waals surface area contributed by atoms with Crippen molar-refractivity contribution >= 4 is 5.91 Å². The molecular weight excluding hydrogens is 228 g/mol. The van der Waals surface area contributed by atoms with Crippen LogP contribution in [-0.2, 0) is 11.3 Å². The highest BCUT2D eigenvalue weighted by molar-refractivity contribution is 5.76. The van der Waals surface area contributed by atoms with Crippen LogP contribution in [0.25, 0.3) is 0 Å². The number of hydrogen-bond donors (Lipinski definition) is 1. The number of carbonyl (C=O) groups excluding carboxylic acids is 1. The molecule has 1 aromatic rings. The summed E-state index contributed by atoms with van der Waals surface area (Å²) in [6.07, 6.45) is 7.47. The first-order chi connectivity index (χ1) is 8.79. The lowest BCUT2D eigenvalue weighted by molar-refractivity contribution is -0.132. The van der Waals surface area contributed by atoms with Gasteiger partial charge in [-0.3, -0.25) is 9.48 Å². The van der Waals surface area contributed by atoms with E-state index >= 15 is 0 Å². The fraction of sp³-hybridized carbons (Fsp3) is 0.692. The first-order valence-electron chi connectivity index (χ1n) is 6.75. The van der Waals surface area contributed by atoms with Crippen molar-refractivity contribution in [3.05, 3.63) is 18.5 Å². The van der Waals surface area contributed by atoms with Gasteiger partial charge in [-0.15, -0.1) is 0 Å². The lowest BCUT2D eigenvalue weighted by Crippen LogP contribution is -2.39. The number of rotatable bonds is 5.